The lowest BCUT2D eigenvalue weighted by atomic mass is 10.1. The second-order valence-electron chi connectivity index (χ2n) is 7.78. The summed E-state index contributed by atoms with van der Waals surface area (Å²) in [5.74, 6) is 0.858. The van der Waals surface area contributed by atoms with E-state index in [9.17, 15) is 9.59 Å². The van der Waals surface area contributed by atoms with Crippen LogP contribution in [-0.2, 0) is 14.3 Å². The van der Waals surface area contributed by atoms with Crippen molar-refractivity contribution < 1.29 is 28.5 Å². The van der Waals surface area contributed by atoms with Crippen molar-refractivity contribution in [2.24, 2.45) is 0 Å². The van der Waals surface area contributed by atoms with Gasteiger partial charge >= 0.3 is 12.1 Å². The number of esters is 1. The highest BCUT2D eigenvalue weighted by Crippen LogP contribution is 2.28. The number of hydrogen-bond donors (Lipinski definition) is 0. The number of nitrogens with zero attached hydrogens (tertiary/aromatic N) is 1. The molecule has 0 atom stereocenters. The van der Waals surface area contributed by atoms with Crippen LogP contribution in [0.1, 0.15) is 46.1 Å². The van der Waals surface area contributed by atoms with Crippen LogP contribution in [0, 0.1) is 0 Å². The normalized spacial score (nSPS) is 15.3. The highest BCUT2D eigenvalue weighted by atomic mass is 16.6. The number of benzene rings is 1. The van der Waals surface area contributed by atoms with Crippen LogP contribution in [0.3, 0.4) is 0 Å². The van der Waals surface area contributed by atoms with Crippen molar-refractivity contribution in [1.29, 1.82) is 0 Å². The number of rotatable bonds is 6. The van der Waals surface area contributed by atoms with Crippen molar-refractivity contribution in [2.45, 2.75) is 52.2 Å². The van der Waals surface area contributed by atoms with Gasteiger partial charge in [0.2, 0.25) is 0 Å². The van der Waals surface area contributed by atoms with Crippen LogP contribution >= 0.6 is 0 Å². The first-order valence-electron chi connectivity index (χ1n) is 9.89. The molecular formula is C22H31NO6. The van der Waals surface area contributed by atoms with Gasteiger partial charge in [-0.15, -0.1) is 0 Å². The Kier molecular flexibility index (Phi) is 7.93. The zero-order valence-corrected chi connectivity index (χ0v) is 17.9. The number of ether oxygens (including phenoxy) is 4. The van der Waals surface area contributed by atoms with Crippen molar-refractivity contribution in [3.8, 4) is 11.5 Å². The van der Waals surface area contributed by atoms with E-state index < -0.39 is 11.6 Å². The summed E-state index contributed by atoms with van der Waals surface area (Å²) in [4.78, 5) is 25.9. The Morgan fingerprint density at radius 1 is 1.17 bits per heavy atom. The molecule has 29 heavy (non-hydrogen) atoms. The van der Waals surface area contributed by atoms with E-state index in [4.69, 9.17) is 18.9 Å². The molecule has 1 fully saturated rings. The van der Waals surface area contributed by atoms with Crippen molar-refractivity contribution in [3.63, 3.8) is 0 Å². The van der Waals surface area contributed by atoms with E-state index in [-0.39, 0.29) is 12.2 Å². The number of carbonyl (C=O) groups excluding carboxylic acids is 2. The van der Waals surface area contributed by atoms with Gasteiger partial charge in [0.15, 0.2) is 11.5 Å². The van der Waals surface area contributed by atoms with E-state index in [0.29, 0.717) is 44.0 Å². The van der Waals surface area contributed by atoms with Gasteiger partial charge in [-0.1, -0.05) is 6.07 Å². The molecule has 7 nitrogen and oxygen atoms in total. The van der Waals surface area contributed by atoms with Crippen molar-refractivity contribution >= 4 is 18.1 Å². The molecule has 1 aromatic carbocycles. The van der Waals surface area contributed by atoms with E-state index in [0.717, 1.165) is 5.56 Å². The largest absolute Gasteiger partial charge is 0.493 e. The Balaban J connectivity index is 1.83. The zero-order valence-electron chi connectivity index (χ0n) is 17.9. The molecule has 0 spiro atoms. The van der Waals surface area contributed by atoms with Crippen LogP contribution in [0.2, 0.25) is 0 Å². The average molecular weight is 405 g/mol. The van der Waals surface area contributed by atoms with Crippen LogP contribution in [0.5, 0.6) is 11.5 Å². The SMILES string of the molecule is CCOc1ccc(/C=C/C(=O)OC2CCN(C(=O)OC(C)(C)C)CC2)cc1OC. The predicted octanol–water partition coefficient (Wildman–Crippen LogP) is 4.05. The molecule has 0 radical (unpaired) electrons. The average Bonchev–Trinajstić information content (AvgIpc) is 2.66. The van der Waals surface area contributed by atoms with E-state index in [1.54, 1.807) is 30.2 Å². The van der Waals surface area contributed by atoms with Crippen LogP contribution in [0.15, 0.2) is 24.3 Å². The number of carbonyl (C=O) groups is 2. The monoisotopic (exact) mass is 405 g/mol. The second kappa shape index (κ2) is 10.2. The fourth-order valence-electron chi connectivity index (χ4n) is 2.91. The summed E-state index contributed by atoms with van der Waals surface area (Å²) < 4.78 is 21.7. The highest BCUT2D eigenvalue weighted by Gasteiger charge is 2.28. The quantitative estimate of drug-likeness (QED) is 0.525. The molecule has 0 N–H and O–H groups in total. The molecule has 160 valence electrons. The molecule has 0 aromatic heterocycles. The third-order valence-corrected chi connectivity index (χ3v) is 4.28. The van der Waals surface area contributed by atoms with E-state index >= 15 is 0 Å². The van der Waals surface area contributed by atoms with Crippen LogP contribution in [-0.4, -0.2) is 55.5 Å². The number of methoxy groups -OCH3 is 1. The minimum absolute atomic E-state index is 0.208. The Labute approximate surface area is 172 Å². The first kappa shape index (κ1) is 22.6. The van der Waals surface area contributed by atoms with E-state index in [2.05, 4.69) is 0 Å². The second-order valence-corrected chi connectivity index (χ2v) is 7.78. The Morgan fingerprint density at radius 2 is 1.86 bits per heavy atom. The van der Waals surface area contributed by atoms with Gasteiger partial charge in [-0.3, -0.25) is 0 Å². The van der Waals surface area contributed by atoms with Gasteiger partial charge in [-0.2, -0.15) is 0 Å². The summed E-state index contributed by atoms with van der Waals surface area (Å²) in [6.45, 7) is 8.98. The molecule has 0 saturated carbocycles. The van der Waals surface area contributed by atoms with Crippen LogP contribution < -0.4 is 9.47 Å². The molecule has 1 heterocycles. The first-order valence-corrected chi connectivity index (χ1v) is 9.89. The van der Waals surface area contributed by atoms with Crippen molar-refractivity contribution in [3.05, 3.63) is 29.8 Å². The zero-order chi connectivity index (χ0) is 21.4. The molecule has 1 saturated heterocycles. The minimum atomic E-state index is -0.519. The summed E-state index contributed by atoms with van der Waals surface area (Å²) in [5, 5.41) is 0. The van der Waals surface area contributed by atoms with Gasteiger partial charge in [0.1, 0.15) is 11.7 Å². The molecule has 0 bridgehead atoms. The molecule has 1 aromatic rings. The third-order valence-electron chi connectivity index (χ3n) is 4.28. The minimum Gasteiger partial charge on any atom is -0.493 e. The molecule has 1 aliphatic heterocycles. The summed E-state index contributed by atoms with van der Waals surface area (Å²) >= 11 is 0. The fraction of sp³-hybridized carbons (Fsp3) is 0.545. The summed E-state index contributed by atoms with van der Waals surface area (Å²) in [5.41, 5.74) is 0.288. The topological polar surface area (TPSA) is 74.3 Å². The lowest BCUT2D eigenvalue weighted by Crippen LogP contribution is -2.43. The van der Waals surface area contributed by atoms with Crippen molar-refractivity contribution in [2.75, 3.05) is 26.8 Å². The molecular weight excluding hydrogens is 374 g/mol. The van der Waals surface area contributed by atoms with Gasteiger partial charge in [0, 0.05) is 32.0 Å². The predicted molar refractivity (Wildman–Crippen MR) is 110 cm³/mol. The lowest BCUT2D eigenvalue weighted by molar-refractivity contribution is -0.144. The Bertz CT molecular complexity index is 729. The van der Waals surface area contributed by atoms with Gasteiger partial charge < -0.3 is 23.8 Å². The van der Waals surface area contributed by atoms with Crippen LogP contribution in [0.25, 0.3) is 6.08 Å². The number of piperidine rings is 1. The van der Waals surface area contributed by atoms with Gasteiger partial charge in [-0.05, 0) is 51.5 Å². The van der Waals surface area contributed by atoms with Crippen molar-refractivity contribution in [1.82, 2.24) is 4.90 Å². The summed E-state index contributed by atoms with van der Waals surface area (Å²) in [6, 6.07) is 5.45. The maximum Gasteiger partial charge on any atom is 0.410 e. The standard InChI is InChI=1S/C22H31NO6/c1-6-27-18-9-7-16(15-19(18)26-5)8-10-20(24)28-17-11-13-23(14-12-17)21(25)29-22(2,3)4/h7-10,15,17H,6,11-14H2,1-5H3/b10-8+. The van der Waals surface area contributed by atoms with Crippen LogP contribution in [0.4, 0.5) is 4.79 Å². The summed E-state index contributed by atoms with van der Waals surface area (Å²) in [7, 11) is 1.57. The number of likely N-dealkylation sites (tertiary alicyclic amines) is 1. The molecule has 0 aliphatic carbocycles. The van der Waals surface area contributed by atoms with E-state index in [1.165, 1.54) is 6.08 Å². The Morgan fingerprint density at radius 3 is 2.45 bits per heavy atom. The first-order chi connectivity index (χ1) is 13.7. The molecule has 7 heteroatoms. The maximum absolute atomic E-state index is 12.1. The maximum atomic E-state index is 12.1. The third kappa shape index (κ3) is 7.33. The van der Waals surface area contributed by atoms with Gasteiger partial charge in [0.05, 0.1) is 13.7 Å². The molecule has 2 rings (SSSR count). The smallest absolute Gasteiger partial charge is 0.410 e. The van der Waals surface area contributed by atoms with E-state index in [1.807, 2.05) is 33.8 Å². The molecule has 1 amide bonds. The number of amides is 1. The highest BCUT2D eigenvalue weighted by molar-refractivity contribution is 5.87. The molecule has 1 aliphatic rings. The lowest BCUT2D eigenvalue weighted by Gasteiger charge is -2.33. The fourth-order valence-corrected chi connectivity index (χ4v) is 2.91. The Hall–Kier alpha value is -2.70. The number of hydrogen-bond acceptors (Lipinski definition) is 6. The summed E-state index contributed by atoms with van der Waals surface area (Å²) in [6.07, 6.45) is 3.73. The molecule has 0 unspecified atom stereocenters. The van der Waals surface area contributed by atoms with Gasteiger partial charge in [0.25, 0.3) is 0 Å². The van der Waals surface area contributed by atoms with Gasteiger partial charge in [-0.25, -0.2) is 9.59 Å².